The van der Waals surface area contributed by atoms with E-state index in [1.54, 1.807) is 19.4 Å². The Hall–Kier alpha value is -2.88. The first kappa shape index (κ1) is 13.1. The van der Waals surface area contributed by atoms with Crippen molar-refractivity contribution in [1.29, 1.82) is 0 Å². The summed E-state index contributed by atoms with van der Waals surface area (Å²) in [6.07, 6.45) is 7.56. The van der Waals surface area contributed by atoms with Crippen LogP contribution in [0.3, 0.4) is 0 Å². The van der Waals surface area contributed by atoms with E-state index in [2.05, 4.69) is 26.7 Å². The first-order valence-electron chi connectivity index (χ1n) is 6.63. The Morgan fingerprint density at radius 2 is 1.95 bits per heavy atom. The molecule has 2 aromatic heterocycles. The molecule has 21 heavy (non-hydrogen) atoms. The minimum Gasteiger partial charge on any atom is -0.481 e. The van der Waals surface area contributed by atoms with E-state index >= 15 is 0 Å². The van der Waals surface area contributed by atoms with Crippen molar-refractivity contribution >= 4 is 11.9 Å². The molecule has 4 heteroatoms. The van der Waals surface area contributed by atoms with Gasteiger partial charge in [0.25, 0.3) is 0 Å². The predicted molar refractivity (Wildman–Crippen MR) is 83.8 cm³/mol. The minimum absolute atomic E-state index is 0.587. The maximum atomic E-state index is 5.02. The Balaban J connectivity index is 1.76. The van der Waals surface area contributed by atoms with Gasteiger partial charge in [0, 0.05) is 35.9 Å². The average Bonchev–Trinajstić information content (AvgIpc) is 3.03. The smallest absolute Gasteiger partial charge is 0.213 e. The number of methoxy groups -OCH3 is 1. The molecule has 0 spiro atoms. The lowest BCUT2D eigenvalue weighted by molar-refractivity contribution is 0.398. The lowest BCUT2D eigenvalue weighted by Crippen LogP contribution is -1.88. The fraction of sp³-hybridized carbons (Fsp3) is 0.0588. The van der Waals surface area contributed by atoms with Gasteiger partial charge in [0.05, 0.1) is 19.0 Å². The molecular formula is C17H15N3O. The zero-order valence-electron chi connectivity index (χ0n) is 11.7. The summed E-state index contributed by atoms with van der Waals surface area (Å²) in [5, 5.41) is 0. The third-order valence-corrected chi connectivity index (χ3v) is 3.06. The lowest BCUT2D eigenvalue weighted by Gasteiger charge is -2.00. The molecule has 0 amide bonds. The number of rotatable bonds is 4. The van der Waals surface area contributed by atoms with Crippen LogP contribution in [0.5, 0.6) is 5.88 Å². The molecule has 0 fully saturated rings. The van der Waals surface area contributed by atoms with Gasteiger partial charge in [-0.1, -0.05) is 18.2 Å². The number of benzene rings is 1. The lowest BCUT2D eigenvalue weighted by atomic mass is 10.3. The van der Waals surface area contributed by atoms with Crippen molar-refractivity contribution < 1.29 is 4.74 Å². The molecule has 1 aromatic carbocycles. The van der Waals surface area contributed by atoms with Crippen molar-refractivity contribution in [1.82, 2.24) is 9.55 Å². The maximum Gasteiger partial charge on any atom is 0.213 e. The van der Waals surface area contributed by atoms with Gasteiger partial charge in [0.2, 0.25) is 5.88 Å². The van der Waals surface area contributed by atoms with E-state index < -0.39 is 0 Å². The number of para-hydroxylation sites is 1. The first-order valence-corrected chi connectivity index (χ1v) is 6.63. The Morgan fingerprint density at radius 1 is 1.10 bits per heavy atom. The largest absolute Gasteiger partial charge is 0.481 e. The van der Waals surface area contributed by atoms with Crippen molar-refractivity contribution in [3.8, 4) is 11.6 Å². The van der Waals surface area contributed by atoms with Crippen molar-refractivity contribution in [2.45, 2.75) is 0 Å². The van der Waals surface area contributed by atoms with Crippen molar-refractivity contribution in [3.05, 3.63) is 72.7 Å². The number of aliphatic imine (C=N–C) groups is 1. The van der Waals surface area contributed by atoms with Crippen LogP contribution in [0.25, 0.3) is 5.69 Å². The van der Waals surface area contributed by atoms with Gasteiger partial charge in [-0.25, -0.2) is 4.98 Å². The average molecular weight is 277 g/mol. The monoisotopic (exact) mass is 277 g/mol. The second-order valence-corrected chi connectivity index (χ2v) is 4.50. The summed E-state index contributed by atoms with van der Waals surface area (Å²) in [7, 11) is 1.59. The highest BCUT2D eigenvalue weighted by molar-refractivity contribution is 5.81. The number of pyridine rings is 1. The molecule has 4 nitrogen and oxygen atoms in total. The molecule has 0 bridgehead atoms. The predicted octanol–water partition coefficient (Wildman–Crippen LogP) is 3.63. The highest BCUT2D eigenvalue weighted by Gasteiger charge is 1.97. The second-order valence-electron chi connectivity index (χ2n) is 4.50. The summed E-state index contributed by atoms with van der Waals surface area (Å²) in [5.74, 6) is 0.587. The van der Waals surface area contributed by atoms with E-state index in [9.17, 15) is 0 Å². The normalized spacial score (nSPS) is 10.9. The van der Waals surface area contributed by atoms with Gasteiger partial charge in [-0.3, -0.25) is 4.99 Å². The molecule has 0 atom stereocenters. The molecule has 104 valence electrons. The van der Waals surface area contributed by atoms with E-state index in [0.717, 1.165) is 16.9 Å². The molecule has 0 N–H and O–H groups in total. The van der Waals surface area contributed by atoms with Gasteiger partial charge >= 0.3 is 0 Å². The van der Waals surface area contributed by atoms with Crippen LogP contribution in [0.2, 0.25) is 0 Å². The molecule has 0 radical (unpaired) electrons. The number of aromatic nitrogens is 2. The summed E-state index contributed by atoms with van der Waals surface area (Å²) in [6.45, 7) is 0. The van der Waals surface area contributed by atoms with E-state index in [4.69, 9.17) is 4.74 Å². The first-order chi connectivity index (χ1) is 10.3. The fourth-order valence-corrected chi connectivity index (χ4v) is 1.97. The Labute approximate surface area is 123 Å². The van der Waals surface area contributed by atoms with Crippen molar-refractivity contribution in [3.63, 3.8) is 0 Å². The standard InChI is InChI=1S/C17H15N3O/c1-21-17-8-7-15(12-19-17)18-11-14-9-10-20(13-14)16-5-3-2-4-6-16/h2-13H,1H3. The molecule has 0 saturated carbocycles. The molecule has 0 aliphatic carbocycles. The molecule has 0 unspecified atom stereocenters. The molecule has 3 rings (SSSR count). The topological polar surface area (TPSA) is 39.4 Å². The molecule has 3 aromatic rings. The van der Waals surface area contributed by atoms with Gasteiger partial charge in [0.1, 0.15) is 0 Å². The van der Waals surface area contributed by atoms with E-state index in [1.165, 1.54) is 0 Å². The van der Waals surface area contributed by atoms with Crippen LogP contribution in [0.1, 0.15) is 5.56 Å². The van der Waals surface area contributed by atoms with Gasteiger partial charge in [-0.15, -0.1) is 0 Å². The summed E-state index contributed by atoms with van der Waals surface area (Å²) in [6, 6.07) is 15.9. The quantitative estimate of drug-likeness (QED) is 0.683. The van der Waals surface area contributed by atoms with Gasteiger partial charge in [0.15, 0.2) is 0 Å². The summed E-state index contributed by atoms with van der Waals surface area (Å²) in [5.41, 5.74) is 2.96. The van der Waals surface area contributed by atoms with Crippen LogP contribution < -0.4 is 4.74 Å². The van der Waals surface area contributed by atoms with Crippen LogP contribution in [-0.2, 0) is 0 Å². The van der Waals surface area contributed by atoms with Crippen LogP contribution in [0.4, 0.5) is 5.69 Å². The maximum absolute atomic E-state index is 5.02. The van der Waals surface area contributed by atoms with Crippen LogP contribution >= 0.6 is 0 Å². The SMILES string of the molecule is COc1ccc(N=Cc2ccn(-c3ccccc3)c2)cn1. The number of hydrogen-bond acceptors (Lipinski definition) is 3. The summed E-state index contributed by atoms with van der Waals surface area (Å²) >= 11 is 0. The van der Waals surface area contributed by atoms with E-state index in [1.807, 2.05) is 48.9 Å². The molecule has 0 saturated heterocycles. The molecule has 0 aliphatic rings. The molecule has 0 aliphatic heterocycles. The van der Waals surface area contributed by atoms with Gasteiger partial charge in [-0.2, -0.15) is 0 Å². The van der Waals surface area contributed by atoms with E-state index in [0.29, 0.717) is 5.88 Å². The fourth-order valence-electron chi connectivity index (χ4n) is 1.97. The Kier molecular flexibility index (Phi) is 3.78. The van der Waals surface area contributed by atoms with Gasteiger partial charge in [-0.05, 0) is 24.3 Å². The summed E-state index contributed by atoms with van der Waals surface area (Å²) < 4.78 is 7.08. The molecular weight excluding hydrogens is 262 g/mol. The van der Waals surface area contributed by atoms with Crippen LogP contribution in [-0.4, -0.2) is 22.9 Å². The zero-order chi connectivity index (χ0) is 14.5. The van der Waals surface area contributed by atoms with Crippen molar-refractivity contribution in [2.24, 2.45) is 4.99 Å². The minimum atomic E-state index is 0.587. The highest BCUT2D eigenvalue weighted by Crippen LogP contribution is 2.15. The van der Waals surface area contributed by atoms with E-state index in [-0.39, 0.29) is 0 Å². The second kappa shape index (κ2) is 6.05. The van der Waals surface area contributed by atoms with Gasteiger partial charge < -0.3 is 9.30 Å². The van der Waals surface area contributed by atoms with Crippen LogP contribution in [0, 0.1) is 0 Å². The highest BCUT2D eigenvalue weighted by atomic mass is 16.5. The van der Waals surface area contributed by atoms with Crippen molar-refractivity contribution in [2.75, 3.05) is 7.11 Å². The third-order valence-electron chi connectivity index (χ3n) is 3.06. The van der Waals surface area contributed by atoms with Crippen LogP contribution in [0.15, 0.2) is 72.1 Å². The Bertz CT molecular complexity index is 730. The zero-order valence-corrected chi connectivity index (χ0v) is 11.7. The Morgan fingerprint density at radius 3 is 2.67 bits per heavy atom. The summed E-state index contributed by atoms with van der Waals surface area (Å²) in [4.78, 5) is 8.52. The third kappa shape index (κ3) is 3.17. The number of nitrogens with zero attached hydrogens (tertiary/aromatic N) is 3. The molecule has 2 heterocycles. The number of hydrogen-bond donors (Lipinski definition) is 0. The number of ether oxygens (including phenoxy) is 1.